The fourth-order valence-corrected chi connectivity index (χ4v) is 4.72. The van der Waals surface area contributed by atoms with Gasteiger partial charge in [0.15, 0.2) is 5.96 Å². The van der Waals surface area contributed by atoms with Crippen LogP contribution in [0.25, 0.3) is 0 Å². The molecule has 7 heteroatoms. The molecule has 1 atom stereocenters. The monoisotopic (exact) mass is 423 g/mol. The van der Waals surface area contributed by atoms with Crippen LogP contribution in [0.5, 0.6) is 0 Å². The van der Waals surface area contributed by atoms with Crippen LogP contribution in [0.3, 0.4) is 0 Å². The highest BCUT2D eigenvalue weighted by Crippen LogP contribution is 2.38. The van der Waals surface area contributed by atoms with Crippen molar-refractivity contribution >= 4 is 17.6 Å². The van der Waals surface area contributed by atoms with E-state index >= 15 is 0 Å². The van der Waals surface area contributed by atoms with Gasteiger partial charge in [0.1, 0.15) is 5.76 Å². The highest BCUT2D eigenvalue weighted by Gasteiger charge is 2.32. The maximum Gasteiger partial charge on any atom is 0.222 e. The number of para-hydroxylation sites is 1. The van der Waals surface area contributed by atoms with Gasteiger partial charge >= 0.3 is 0 Å². The third-order valence-corrected chi connectivity index (χ3v) is 6.38. The lowest BCUT2D eigenvalue weighted by atomic mass is 9.98. The molecular weight excluding hydrogens is 390 g/mol. The number of rotatable bonds is 7. The number of hydrogen-bond acceptors (Lipinski definition) is 4. The Balaban J connectivity index is 1.48. The first-order valence-corrected chi connectivity index (χ1v) is 11.4. The lowest BCUT2D eigenvalue weighted by Crippen LogP contribution is -2.41. The third kappa shape index (κ3) is 4.60. The van der Waals surface area contributed by atoms with Crippen LogP contribution >= 0.6 is 0 Å². The van der Waals surface area contributed by atoms with Crippen LogP contribution in [-0.2, 0) is 11.2 Å². The van der Waals surface area contributed by atoms with Gasteiger partial charge in [-0.3, -0.25) is 9.79 Å². The Bertz CT molecular complexity index is 932. The average Bonchev–Trinajstić information content (AvgIpc) is 3.44. The van der Waals surface area contributed by atoms with Crippen LogP contribution in [0.4, 0.5) is 5.69 Å². The van der Waals surface area contributed by atoms with Crippen LogP contribution in [0, 0.1) is 13.8 Å². The van der Waals surface area contributed by atoms with Crippen molar-refractivity contribution < 1.29 is 9.32 Å². The Morgan fingerprint density at radius 3 is 2.87 bits per heavy atom. The van der Waals surface area contributed by atoms with Gasteiger partial charge in [0, 0.05) is 56.3 Å². The number of carbonyl (C=O) groups is 1. The topological polar surface area (TPSA) is 74.0 Å². The zero-order valence-corrected chi connectivity index (χ0v) is 18.9. The lowest BCUT2D eigenvalue weighted by Gasteiger charge is -2.23. The van der Waals surface area contributed by atoms with E-state index in [2.05, 4.69) is 46.6 Å². The Labute approximate surface area is 184 Å². The Morgan fingerprint density at radius 2 is 2.16 bits per heavy atom. The van der Waals surface area contributed by atoms with Gasteiger partial charge in [0.2, 0.25) is 5.91 Å². The Kier molecular flexibility index (Phi) is 6.59. The molecule has 166 valence electrons. The first-order valence-electron chi connectivity index (χ1n) is 11.4. The highest BCUT2D eigenvalue weighted by atomic mass is 16.5. The summed E-state index contributed by atoms with van der Waals surface area (Å²) in [6.07, 6.45) is 3.49. The quantitative estimate of drug-likeness (QED) is 0.546. The molecule has 1 amide bonds. The second kappa shape index (κ2) is 9.54. The number of guanidine groups is 1. The second-order valence-corrected chi connectivity index (χ2v) is 8.43. The van der Waals surface area contributed by atoms with Crippen molar-refractivity contribution in [3.05, 3.63) is 46.8 Å². The van der Waals surface area contributed by atoms with Crippen LogP contribution < -0.4 is 10.2 Å². The van der Waals surface area contributed by atoms with Gasteiger partial charge in [-0.2, -0.15) is 0 Å². The molecule has 7 nitrogen and oxygen atoms in total. The molecule has 3 heterocycles. The molecule has 0 saturated carbocycles. The summed E-state index contributed by atoms with van der Waals surface area (Å²) in [6, 6.07) is 8.60. The van der Waals surface area contributed by atoms with Gasteiger partial charge in [-0.25, -0.2) is 0 Å². The minimum absolute atomic E-state index is 0.303. The van der Waals surface area contributed by atoms with Crippen molar-refractivity contribution in [2.45, 2.75) is 52.4 Å². The summed E-state index contributed by atoms with van der Waals surface area (Å²) in [7, 11) is 0. The lowest BCUT2D eigenvalue weighted by molar-refractivity contribution is -0.127. The number of nitrogens with one attached hydrogen (secondary N) is 1. The number of aryl methyl sites for hydroxylation is 2. The number of carbonyl (C=O) groups excluding carboxylic acids is 1. The molecule has 31 heavy (non-hydrogen) atoms. The highest BCUT2D eigenvalue weighted by molar-refractivity contribution is 5.98. The standard InChI is InChI=1S/C24H33N5O2/c1-4-25-24(26-13-11-20-17(2)27-31-18(20)3)29-16-19(21-8-5-6-9-22(21)29)12-15-28-14-7-10-23(28)30/h5-6,8-9,19H,4,7,10-16H2,1-3H3,(H,25,26). The molecular formula is C24H33N5O2. The van der Waals surface area contributed by atoms with Crippen LogP contribution in [0.1, 0.15) is 54.7 Å². The van der Waals surface area contributed by atoms with Gasteiger partial charge in [0.25, 0.3) is 0 Å². The van der Waals surface area contributed by atoms with Crippen molar-refractivity contribution in [2.75, 3.05) is 37.6 Å². The molecule has 1 N–H and O–H groups in total. The molecule has 4 rings (SSSR count). The molecule has 1 saturated heterocycles. The number of benzene rings is 1. The molecule has 1 aromatic heterocycles. The predicted octanol–water partition coefficient (Wildman–Crippen LogP) is 3.42. The number of aliphatic imine (C=N–C) groups is 1. The van der Waals surface area contributed by atoms with Gasteiger partial charge in [-0.1, -0.05) is 23.4 Å². The van der Waals surface area contributed by atoms with Crippen LogP contribution in [0.15, 0.2) is 33.8 Å². The predicted molar refractivity (Wildman–Crippen MR) is 123 cm³/mol. The van der Waals surface area contributed by atoms with Crippen molar-refractivity contribution in [2.24, 2.45) is 4.99 Å². The van der Waals surface area contributed by atoms with E-state index in [1.807, 2.05) is 18.7 Å². The first kappa shape index (κ1) is 21.4. The van der Waals surface area contributed by atoms with Gasteiger partial charge in [0.05, 0.1) is 5.69 Å². The van der Waals surface area contributed by atoms with Crippen LogP contribution in [0.2, 0.25) is 0 Å². The summed E-state index contributed by atoms with van der Waals surface area (Å²) in [5, 5.41) is 7.52. The fraction of sp³-hybridized carbons (Fsp3) is 0.542. The summed E-state index contributed by atoms with van der Waals surface area (Å²) in [4.78, 5) is 21.3. The largest absolute Gasteiger partial charge is 0.361 e. The maximum atomic E-state index is 12.0. The molecule has 0 bridgehead atoms. The van der Waals surface area contributed by atoms with Gasteiger partial charge in [-0.15, -0.1) is 0 Å². The maximum absolute atomic E-state index is 12.0. The zero-order chi connectivity index (χ0) is 21.8. The fourth-order valence-electron chi connectivity index (χ4n) is 4.72. The molecule has 1 fully saturated rings. The first-order chi connectivity index (χ1) is 15.1. The van der Waals surface area contributed by atoms with E-state index in [1.165, 1.54) is 11.3 Å². The third-order valence-electron chi connectivity index (χ3n) is 6.38. The minimum Gasteiger partial charge on any atom is -0.361 e. The van der Waals surface area contributed by atoms with Gasteiger partial charge < -0.3 is 19.6 Å². The summed E-state index contributed by atoms with van der Waals surface area (Å²) >= 11 is 0. The van der Waals surface area contributed by atoms with E-state index in [-0.39, 0.29) is 0 Å². The average molecular weight is 424 g/mol. The van der Waals surface area contributed by atoms with E-state index in [4.69, 9.17) is 9.52 Å². The number of anilines is 1. The number of amides is 1. The summed E-state index contributed by atoms with van der Waals surface area (Å²) in [5.74, 6) is 2.50. The summed E-state index contributed by atoms with van der Waals surface area (Å²) < 4.78 is 5.28. The summed E-state index contributed by atoms with van der Waals surface area (Å²) in [5.41, 5.74) is 4.66. The van der Waals surface area contributed by atoms with E-state index in [9.17, 15) is 4.79 Å². The molecule has 1 aromatic carbocycles. The van der Waals surface area contributed by atoms with Crippen molar-refractivity contribution in [1.29, 1.82) is 0 Å². The number of fused-ring (bicyclic) bond motifs is 1. The zero-order valence-electron chi connectivity index (χ0n) is 18.9. The molecule has 2 aliphatic rings. The van der Waals surface area contributed by atoms with Crippen molar-refractivity contribution in [3.8, 4) is 0 Å². The van der Waals surface area contributed by atoms with Crippen LogP contribution in [-0.4, -0.2) is 54.6 Å². The molecule has 0 radical (unpaired) electrons. The second-order valence-electron chi connectivity index (χ2n) is 8.43. The number of nitrogens with zero attached hydrogens (tertiary/aromatic N) is 4. The molecule has 1 unspecified atom stereocenters. The van der Waals surface area contributed by atoms with Crippen molar-refractivity contribution in [1.82, 2.24) is 15.4 Å². The van der Waals surface area contributed by atoms with Gasteiger partial charge in [-0.05, 0) is 51.7 Å². The minimum atomic E-state index is 0.303. The molecule has 2 aromatic rings. The Morgan fingerprint density at radius 1 is 1.32 bits per heavy atom. The normalized spacial score (nSPS) is 18.7. The summed E-state index contributed by atoms with van der Waals surface area (Å²) in [6.45, 7) is 10.2. The number of hydrogen-bond donors (Lipinski definition) is 1. The van der Waals surface area contributed by atoms with Crippen molar-refractivity contribution in [3.63, 3.8) is 0 Å². The number of aromatic nitrogens is 1. The smallest absolute Gasteiger partial charge is 0.222 e. The molecule has 2 aliphatic heterocycles. The molecule has 0 aliphatic carbocycles. The number of likely N-dealkylation sites (tertiary alicyclic amines) is 1. The van der Waals surface area contributed by atoms with E-state index in [0.29, 0.717) is 24.8 Å². The SMILES string of the molecule is CCNC(=NCCc1c(C)noc1C)N1CC(CCN2CCCC2=O)c2ccccc21. The van der Waals surface area contributed by atoms with E-state index < -0.39 is 0 Å². The van der Waals surface area contributed by atoms with E-state index in [1.54, 1.807) is 0 Å². The Hall–Kier alpha value is -2.83. The van der Waals surface area contributed by atoms with E-state index in [0.717, 1.165) is 68.4 Å². The molecule has 0 spiro atoms.